The Morgan fingerprint density at radius 3 is 2.79 bits per heavy atom. The Hall–Kier alpha value is -2.93. The van der Waals surface area contributed by atoms with E-state index in [-0.39, 0.29) is 6.54 Å². The highest BCUT2D eigenvalue weighted by Crippen LogP contribution is 2.21. The average Bonchev–Trinajstić information content (AvgIpc) is 2.96. The normalized spacial score (nSPS) is 13.4. The zero-order valence-electron chi connectivity index (χ0n) is 15.8. The van der Waals surface area contributed by atoms with Gasteiger partial charge in [0.05, 0.1) is 6.54 Å². The minimum atomic E-state index is -0.416. The Labute approximate surface area is 173 Å². The number of aryl methyl sites for hydroxylation is 2. The number of urea groups is 1. The van der Waals surface area contributed by atoms with Gasteiger partial charge in [-0.25, -0.2) is 18.9 Å². The number of rotatable bonds is 4. The maximum Gasteiger partial charge on any atom is 0.326 e. The van der Waals surface area contributed by atoms with Gasteiger partial charge in [0.2, 0.25) is 0 Å². The van der Waals surface area contributed by atoms with E-state index in [2.05, 4.69) is 15.4 Å². The lowest BCUT2D eigenvalue weighted by atomic mass is 10.2. The van der Waals surface area contributed by atoms with Gasteiger partial charge in [0.15, 0.2) is 5.82 Å². The first-order chi connectivity index (χ1) is 14.1. The van der Waals surface area contributed by atoms with Crippen molar-refractivity contribution in [2.45, 2.75) is 38.8 Å². The Balaban J connectivity index is 1.60. The fraction of sp³-hybridized carbons (Fsp3) is 0.286. The number of amides is 2. The fourth-order valence-corrected chi connectivity index (χ4v) is 3.49. The molecular weight excluding hydrogens is 393 g/mol. The molecule has 0 aliphatic carbocycles. The minimum absolute atomic E-state index is 0.142. The van der Waals surface area contributed by atoms with E-state index in [1.54, 1.807) is 36.4 Å². The molecule has 0 unspecified atom stereocenters. The molecule has 0 radical (unpaired) electrons. The molecule has 29 heavy (non-hydrogen) atoms. The van der Waals surface area contributed by atoms with E-state index in [4.69, 9.17) is 11.6 Å². The number of nitrogens with zero attached hydrogens (tertiary/aromatic N) is 4. The molecule has 0 spiro atoms. The lowest BCUT2D eigenvalue weighted by Crippen LogP contribution is -2.35. The maximum absolute atomic E-state index is 13.8. The van der Waals surface area contributed by atoms with Crippen molar-refractivity contribution in [3.63, 3.8) is 0 Å². The molecular formula is C21H21ClFN5O. The summed E-state index contributed by atoms with van der Waals surface area (Å²) in [5.41, 5.74) is 1.02. The van der Waals surface area contributed by atoms with Crippen LogP contribution in [0.2, 0.25) is 5.02 Å². The summed E-state index contributed by atoms with van der Waals surface area (Å²) in [7, 11) is 0. The first kappa shape index (κ1) is 19.4. The van der Waals surface area contributed by atoms with Crippen molar-refractivity contribution in [3.8, 4) is 0 Å². The van der Waals surface area contributed by atoms with Crippen LogP contribution in [0.5, 0.6) is 0 Å². The molecule has 2 heterocycles. The van der Waals surface area contributed by atoms with E-state index in [0.29, 0.717) is 22.2 Å². The van der Waals surface area contributed by atoms with E-state index in [0.717, 1.165) is 31.6 Å². The van der Waals surface area contributed by atoms with E-state index in [1.165, 1.54) is 23.5 Å². The van der Waals surface area contributed by atoms with Crippen molar-refractivity contribution >= 4 is 29.0 Å². The predicted molar refractivity (Wildman–Crippen MR) is 111 cm³/mol. The molecule has 1 aliphatic rings. The molecule has 0 saturated carbocycles. The van der Waals surface area contributed by atoms with Crippen LogP contribution in [0.15, 0.2) is 48.5 Å². The van der Waals surface area contributed by atoms with E-state index < -0.39 is 11.8 Å². The molecule has 0 saturated heterocycles. The van der Waals surface area contributed by atoms with Gasteiger partial charge in [-0.1, -0.05) is 24.1 Å². The van der Waals surface area contributed by atoms with Crippen LogP contribution in [-0.2, 0) is 19.5 Å². The molecule has 8 heteroatoms. The highest BCUT2D eigenvalue weighted by molar-refractivity contribution is 6.30. The number of anilines is 2. The van der Waals surface area contributed by atoms with Gasteiger partial charge in [-0.15, -0.1) is 0 Å². The molecule has 1 aliphatic heterocycles. The van der Waals surface area contributed by atoms with Crippen molar-refractivity contribution in [3.05, 3.63) is 71.0 Å². The van der Waals surface area contributed by atoms with Crippen molar-refractivity contribution in [1.82, 2.24) is 14.8 Å². The number of nitrogens with one attached hydrogen (secondary N) is 1. The van der Waals surface area contributed by atoms with Gasteiger partial charge in [0.25, 0.3) is 0 Å². The largest absolute Gasteiger partial charge is 0.326 e. The number of benzene rings is 2. The van der Waals surface area contributed by atoms with Crippen LogP contribution in [0.4, 0.5) is 20.6 Å². The van der Waals surface area contributed by atoms with Gasteiger partial charge in [-0.2, -0.15) is 5.10 Å². The lowest BCUT2D eigenvalue weighted by Gasteiger charge is -2.22. The first-order valence-electron chi connectivity index (χ1n) is 9.61. The molecule has 150 valence electrons. The van der Waals surface area contributed by atoms with Crippen LogP contribution in [0.25, 0.3) is 0 Å². The van der Waals surface area contributed by atoms with Crippen LogP contribution < -0.4 is 10.2 Å². The number of halogens is 2. The Morgan fingerprint density at radius 2 is 2.00 bits per heavy atom. The van der Waals surface area contributed by atoms with E-state index in [1.807, 2.05) is 4.68 Å². The van der Waals surface area contributed by atoms with E-state index >= 15 is 0 Å². The standard InChI is InChI=1S/C21H21ClFN5O/c22-15-8-10-17(11-9-15)24-21(29)27(18-6-4-5-16(23)13-18)14-19-25-20-7-2-1-3-12-28(20)26-19/h4-6,8-11,13H,1-3,7,12,14H2,(H,24,29). The topological polar surface area (TPSA) is 63.1 Å². The Bertz CT molecular complexity index is 981. The van der Waals surface area contributed by atoms with Gasteiger partial charge < -0.3 is 5.32 Å². The number of aromatic nitrogens is 3. The minimum Gasteiger partial charge on any atom is -0.308 e. The molecule has 6 nitrogen and oxygen atoms in total. The van der Waals surface area contributed by atoms with Crippen molar-refractivity contribution in [1.29, 1.82) is 0 Å². The van der Waals surface area contributed by atoms with Crippen LogP contribution >= 0.6 is 11.6 Å². The summed E-state index contributed by atoms with van der Waals surface area (Å²) in [5.74, 6) is 1.06. The molecule has 0 bridgehead atoms. The third-order valence-electron chi connectivity index (χ3n) is 4.82. The number of hydrogen-bond donors (Lipinski definition) is 1. The van der Waals surface area contributed by atoms with E-state index in [9.17, 15) is 9.18 Å². The van der Waals surface area contributed by atoms with Crippen LogP contribution in [0.1, 0.15) is 30.9 Å². The second-order valence-corrected chi connectivity index (χ2v) is 7.42. The van der Waals surface area contributed by atoms with Gasteiger partial charge in [-0.3, -0.25) is 4.90 Å². The molecule has 0 fully saturated rings. The number of carbonyl (C=O) groups excluding carboxylic acids is 1. The van der Waals surface area contributed by atoms with Crippen molar-refractivity contribution in [2.75, 3.05) is 10.2 Å². The first-order valence-corrected chi connectivity index (χ1v) is 9.98. The average molecular weight is 414 g/mol. The fourth-order valence-electron chi connectivity index (χ4n) is 3.37. The Kier molecular flexibility index (Phi) is 5.76. The third kappa shape index (κ3) is 4.74. The number of carbonyl (C=O) groups is 1. The molecule has 2 amide bonds. The highest BCUT2D eigenvalue weighted by atomic mass is 35.5. The second kappa shape index (κ2) is 8.61. The maximum atomic E-state index is 13.8. The quantitative estimate of drug-likeness (QED) is 0.652. The zero-order chi connectivity index (χ0) is 20.2. The predicted octanol–water partition coefficient (Wildman–Crippen LogP) is 5.04. The zero-order valence-corrected chi connectivity index (χ0v) is 16.6. The van der Waals surface area contributed by atoms with Crippen LogP contribution in [-0.4, -0.2) is 20.8 Å². The third-order valence-corrected chi connectivity index (χ3v) is 5.07. The molecule has 1 aromatic heterocycles. The SMILES string of the molecule is O=C(Nc1ccc(Cl)cc1)N(Cc1nc2n(n1)CCCCC2)c1cccc(F)c1. The molecule has 2 aromatic carbocycles. The summed E-state index contributed by atoms with van der Waals surface area (Å²) >= 11 is 5.91. The summed E-state index contributed by atoms with van der Waals surface area (Å²) in [6.45, 7) is 0.974. The highest BCUT2D eigenvalue weighted by Gasteiger charge is 2.21. The van der Waals surface area contributed by atoms with Crippen LogP contribution in [0.3, 0.4) is 0 Å². The molecule has 1 N–H and O–H groups in total. The number of hydrogen-bond acceptors (Lipinski definition) is 3. The molecule has 3 aromatic rings. The van der Waals surface area contributed by atoms with Gasteiger partial charge >= 0.3 is 6.03 Å². The Morgan fingerprint density at radius 1 is 1.17 bits per heavy atom. The summed E-state index contributed by atoms with van der Waals surface area (Å²) in [6, 6.07) is 12.3. The van der Waals surface area contributed by atoms with Gasteiger partial charge in [-0.05, 0) is 55.3 Å². The monoisotopic (exact) mass is 413 g/mol. The van der Waals surface area contributed by atoms with Crippen molar-refractivity contribution in [2.24, 2.45) is 0 Å². The lowest BCUT2D eigenvalue weighted by molar-refractivity contribution is 0.256. The van der Waals surface area contributed by atoms with Crippen LogP contribution in [0, 0.1) is 5.82 Å². The summed E-state index contributed by atoms with van der Waals surface area (Å²) in [4.78, 5) is 19.1. The number of fused-ring (bicyclic) bond motifs is 1. The summed E-state index contributed by atoms with van der Waals surface area (Å²) in [5, 5.41) is 7.97. The molecule has 0 atom stereocenters. The smallest absolute Gasteiger partial charge is 0.308 e. The summed E-state index contributed by atoms with van der Waals surface area (Å²) in [6.07, 6.45) is 4.20. The van der Waals surface area contributed by atoms with Gasteiger partial charge in [0.1, 0.15) is 11.6 Å². The molecule has 4 rings (SSSR count). The second-order valence-electron chi connectivity index (χ2n) is 6.98. The van der Waals surface area contributed by atoms with Gasteiger partial charge in [0, 0.05) is 29.4 Å². The summed E-state index contributed by atoms with van der Waals surface area (Å²) < 4.78 is 15.7. The van der Waals surface area contributed by atoms with Crippen molar-refractivity contribution < 1.29 is 9.18 Å².